The Labute approximate surface area is 594 Å². The van der Waals surface area contributed by atoms with Crippen LogP contribution in [0.5, 0.6) is 0 Å². The second-order valence-electron chi connectivity index (χ2n) is 25.2. The van der Waals surface area contributed by atoms with Crippen LogP contribution in [0, 0.1) is 0 Å². The minimum Gasteiger partial charge on any atom is -0.462 e. The Morgan fingerprint density at radius 2 is 0.551 bits per heavy atom. The summed E-state index contributed by atoms with van der Waals surface area (Å²) in [5.74, 6) is -2.27. The summed E-state index contributed by atoms with van der Waals surface area (Å²) in [6.45, 7) is 4.60. The van der Waals surface area contributed by atoms with Gasteiger partial charge in [-0.2, -0.15) is 0 Å². The molecule has 0 aliphatic heterocycles. The van der Waals surface area contributed by atoms with Gasteiger partial charge in [0.1, 0.15) is 19.3 Å². The van der Waals surface area contributed by atoms with E-state index in [9.17, 15) is 43.2 Å². The lowest BCUT2D eigenvalue weighted by Crippen LogP contribution is -2.30. The van der Waals surface area contributed by atoms with Crippen molar-refractivity contribution in [3.8, 4) is 0 Å². The lowest BCUT2D eigenvalue weighted by Gasteiger charge is -2.21. The van der Waals surface area contributed by atoms with Gasteiger partial charge < -0.3 is 33.8 Å². The fourth-order valence-electron chi connectivity index (χ4n) is 9.85. The van der Waals surface area contributed by atoms with Crippen LogP contribution in [0.2, 0.25) is 0 Å². The van der Waals surface area contributed by atoms with Crippen LogP contribution in [-0.4, -0.2) is 96.7 Å². The van der Waals surface area contributed by atoms with Crippen molar-refractivity contribution < 1.29 is 80.2 Å². The number of hydrogen-bond acceptors (Lipinski definition) is 15. The molecule has 0 aromatic rings. The van der Waals surface area contributed by atoms with Gasteiger partial charge in [0.2, 0.25) is 0 Å². The Bertz CT molecular complexity index is 2290. The molecule has 3 N–H and O–H groups in total. The number of esters is 4. The first-order valence-electron chi connectivity index (χ1n) is 38.1. The third kappa shape index (κ3) is 70.2. The number of unbranched alkanes of at least 4 members (excludes halogenated alkanes) is 27. The highest BCUT2D eigenvalue weighted by Gasteiger charge is 2.30. The van der Waals surface area contributed by atoms with Gasteiger partial charge in [0.05, 0.1) is 26.4 Å². The molecule has 564 valence electrons. The highest BCUT2D eigenvalue weighted by molar-refractivity contribution is 7.47. The number of phosphoric acid groups is 2. The first-order chi connectivity index (χ1) is 47.7. The van der Waals surface area contributed by atoms with Crippen LogP contribution in [0.3, 0.4) is 0 Å². The van der Waals surface area contributed by atoms with Gasteiger partial charge in [-0.05, 0) is 141 Å². The zero-order valence-corrected chi connectivity index (χ0v) is 63.2. The van der Waals surface area contributed by atoms with Gasteiger partial charge in [0.25, 0.3) is 0 Å². The zero-order chi connectivity index (χ0) is 71.8. The van der Waals surface area contributed by atoms with Crippen LogP contribution in [0.15, 0.2) is 109 Å². The van der Waals surface area contributed by atoms with Gasteiger partial charge in [-0.25, -0.2) is 9.13 Å². The Kier molecular flexibility index (Phi) is 68.0. The van der Waals surface area contributed by atoms with Crippen molar-refractivity contribution in [1.29, 1.82) is 0 Å². The molecule has 0 aromatic heterocycles. The third-order valence-electron chi connectivity index (χ3n) is 15.7. The highest BCUT2D eigenvalue weighted by Crippen LogP contribution is 2.45. The molecule has 0 heterocycles. The van der Waals surface area contributed by atoms with Crippen LogP contribution < -0.4 is 0 Å². The molecule has 0 amide bonds. The summed E-state index contributed by atoms with van der Waals surface area (Å²) in [7, 11) is -9.97. The molecule has 0 aliphatic rings. The van der Waals surface area contributed by atoms with E-state index in [4.69, 9.17) is 37.0 Å². The largest absolute Gasteiger partial charge is 0.472 e. The molecule has 0 bridgehead atoms. The summed E-state index contributed by atoms with van der Waals surface area (Å²) in [6.07, 6.45) is 75.2. The minimum atomic E-state index is -4.99. The van der Waals surface area contributed by atoms with E-state index in [1.165, 1.54) is 70.6 Å². The maximum Gasteiger partial charge on any atom is 0.472 e. The summed E-state index contributed by atoms with van der Waals surface area (Å²) in [5.41, 5.74) is 0. The number of hydrogen-bond donors (Lipinski definition) is 3. The van der Waals surface area contributed by atoms with E-state index in [1.54, 1.807) is 0 Å². The standard InChI is InChI=1S/C79H136O17P2/c1-5-9-13-17-21-25-29-32-35-36-39-41-45-48-52-56-60-64-77(82)90-70-75(96-79(84)66-62-58-54-50-46-42-38-34-31-27-23-19-15-11-7-3)72-94-98(87,88)92-68-73(80)67-91-97(85,86)93-71-74(95-78(83)65-61-57-53-49-43-28-24-20-16-12-8-4)69-89-76(81)63-59-55-51-47-44-40-37-33-30-26-22-18-14-10-6-2/h9,13,20-22,24-26,32-35,37-39,41,48,52,73-75,80H,5-8,10-12,14-19,23,27-31,36,40,42-47,49-51,53-72H2,1-4H3,(H,85,86)(H,87,88)/b13-9-,24-20-,25-21-,26-22-,35-32-,37-33-,38-34-,41-39-,52-48-. The molecule has 0 fully saturated rings. The van der Waals surface area contributed by atoms with Gasteiger partial charge in [-0.1, -0.05) is 253 Å². The van der Waals surface area contributed by atoms with Crippen LogP contribution in [0.1, 0.15) is 310 Å². The van der Waals surface area contributed by atoms with E-state index < -0.39 is 97.5 Å². The van der Waals surface area contributed by atoms with Crippen LogP contribution in [0.4, 0.5) is 0 Å². The second-order valence-corrected chi connectivity index (χ2v) is 28.1. The van der Waals surface area contributed by atoms with Gasteiger partial charge in [0.15, 0.2) is 12.2 Å². The molecular formula is C79H136O17P2. The molecule has 19 heteroatoms. The Balaban J connectivity index is 5.39. The molecule has 0 saturated heterocycles. The quantitative estimate of drug-likeness (QED) is 0.0169. The number of phosphoric ester groups is 2. The van der Waals surface area contributed by atoms with Gasteiger partial charge in [-0.3, -0.25) is 37.3 Å². The smallest absolute Gasteiger partial charge is 0.462 e. The van der Waals surface area contributed by atoms with E-state index in [2.05, 4.69) is 125 Å². The molecular weight excluding hydrogens is 1280 g/mol. The zero-order valence-electron chi connectivity index (χ0n) is 61.4. The lowest BCUT2D eigenvalue weighted by molar-refractivity contribution is -0.161. The van der Waals surface area contributed by atoms with Crippen molar-refractivity contribution in [1.82, 2.24) is 0 Å². The molecule has 5 atom stereocenters. The van der Waals surface area contributed by atoms with E-state index in [-0.39, 0.29) is 25.7 Å². The predicted octanol–water partition coefficient (Wildman–Crippen LogP) is 21.8. The molecule has 98 heavy (non-hydrogen) atoms. The number of carbonyl (C=O) groups is 4. The molecule has 0 aromatic carbocycles. The van der Waals surface area contributed by atoms with Crippen LogP contribution >= 0.6 is 15.6 Å². The van der Waals surface area contributed by atoms with E-state index in [1.807, 2.05) is 12.2 Å². The van der Waals surface area contributed by atoms with Crippen molar-refractivity contribution in [2.24, 2.45) is 0 Å². The Hall–Kier alpha value is -4.28. The number of aliphatic hydroxyl groups is 1. The van der Waals surface area contributed by atoms with E-state index >= 15 is 0 Å². The number of allylic oxidation sites excluding steroid dienone is 18. The van der Waals surface area contributed by atoms with Crippen molar-refractivity contribution in [2.75, 3.05) is 39.6 Å². The SMILES string of the molecule is CC/C=C\C/C=C\C/C=C\C/C=C\C/C=C\CCCC(=O)OCC(COP(=O)(O)OCC(O)COP(=O)(O)OCC(COC(=O)CCCCCCC/C=C\C/C=C\CCCCC)OC(=O)CCCCCCC/C=C\CCCC)OC(=O)CCCCCCC/C=C\CCCCCCCC. The third-order valence-corrected chi connectivity index (χ3v) is 17.6. The number of rotatable bonds is 71. The van der Waals surface area contributed by atoms with Crippen LogP contribution in [-0.2, 0) is 65.4 Å². The summed E-state index contributed by atoms with van der Waals surface area (Å²) < 4.78 is 68.4. The van der Waals surface area contributed by atoms with Crippen molar-refractivity contribution in [2.45, 2.75) is 329 Å². The minimum absolute atomic E-state index is 0.0717. The van der Waals surface area contributed by atoms with Crippen molar-refractivity contribution in [3.63, 3.8) is 0 Å². The Morgan fingerprint density at radius 1 is 0.296 bits per heavy atom. The first kappa shape index (κ1) is 93.7. The fourth-order valence-corrected chi connectivity index (χ4v) is 11.4. The van der Waals surface area contributed by atoms with E-state index in [0.717, 1.165) is 154 Å². The summed E-state index contributed by atoms with van der Waals surface area (Å²) in [4.78, 5) is 72.8. The van der Waals surface area contributed by atoms with Crippen molar-refractivity contribution in [3.05, 3.63) is 109 Å². The Morgan fingerprint density at radius 3 is 0.918 bits per heavy atom. The molecule has 5 unspecified atom stereocenters. The van der Waals surface area contributed by atoms with Crippen LogP contribution in [0.25, 0.3) is 0 Å². The summed E-state index contributed by atoms with van der Waals surface area (Å²) in [5, 5.41) is 10.6. The second kappa shape index (κ2) is 71.1. The average molecular weight is 1420 g/mol. The number of ether oxygens (including phenoxy) is 4. The fraction of sp³-hybridized carbons (Fsp3) is 0.722. The summed E-state index contributed by atoms with van der Waals surface area (Å²) in [6, 6.07) is 0. The lowest BCUT2D eigenvalue weighted by atomic mass is 10.1. The van der Waals surface area contributed by atoms with E-state index in [0.29, 0.717) is 32.1 Å². The molecule has 0 radical (unpaired) electrons. The first-order valence-corrected chi connectivity index (χ1v) is 41.1. The molecule has 17 nitrogen and oxygen atoms in total. The average Bonchev–Trinajstić information content (AvgIpc) is 0.986. The normalized spacial score (nSPS) is 14.6. The maximum atomic E-state index is 13.1. The monoisotopic (exact) mass is 1420 g/mol. The van der Waals surface area contributed by atoms with Crippen molar-refractivity contribution >= 4 is 39.5 Å². The van der Waals surface area contributed by atoms with Gasteiger partial charge in [-0.15, -0.1) is 0 Å². The molecule has 0 saturated carbocycles. The topological polar surface area (TPSA) is 237 Å². The maximum absolute atomic E-state index is 13.1. The van der Waals surface area contributed by atoms with Gasteiger partial charge >= 0.3 is 39.5 Å². The number of carbonyl (C=O) groups excluding carboxylic acids is 4. The summed E-state index contributed by atoms with van der Waals surface area (Å²) >= 11 is 0. The molecule has 0 rings (SSSR count). The predicted molar refractivity (Wildman–Crippen MR) is 399 cm³/mol. The van der Waals surface area contributed by atoms with Gasteiger partial charge in [0, 0.05) is 25.7 Å². The molecule has 0 spiro atoms. The molecule has 0 aliphatic carbocycles. The highest BCUT2D eigenvalue weighted by atomic mass is 31.2. The number of aliphatic hydroxyl groups excluding tert-OH is 1.